The van der Waals surface area contributed by atoms with Crippen molar-refractivity contribution in [2.45, 2.75) is 19.4 Å². The van der Waals surface area contributed by atoms with Crippen molar-refractivity contribution in [1.29, 1.82) is 0 Å². The Morgan fingerprint density at radius 2 is 1.95 bits per heavy atom. The van der Waals surface area contributed by atoms with Crippen molar-refractivity contribution in [1.82, 2.24) is 9.55 Å². The van der Waals surface area contributed by atoms with E-state index in [1.807, 2.05) is 18.2 Å². The van der Waals surface area contributed by atoms with Crippen LogP contribution < -0.4 is 10.5 Å². The highest BCUT2D eigenvalue weighted by Gasteiger charge is 2.09. The number of rotatable bonds is 6. The number of imidazole rings is 1. The van der Waals surface area contributed by atoms with Crippen molar-refractivity contribution in [3.63, 3.8) is 0 Å². The van der Waals surface area contributed by atoms with E-state index < -0.39 is 0 Å². The molecule has 4 nitrogen and oxygen atoms in total. The Bertz CT molecular complexity index is 764. The molecule has 3 aromatic rings. The van der Waals surface area contributed by atoms with Gasteiger partial charge in [0, 0.05) is 13.0 Å². The van der Waals surface area contributed by atoms with Gasteiger partial charge >= 0.3 is 0 Å². The fourth-order valence-electron chi connectivity index (χ4n) is 2.76. The molecule has 0 saturated carbocycles. The first-order chi connectivity index (χ1) is 10.8. The molecule has 0 unspecified atom stereocenters. The molecule has 0 atom stereocenters. The first-order valence-electron chi connectivity index (χ1n) is 7.59. The van der Waals surface area contributed by atoms with Crippen molar-refractivity contribution >= 4 is 11.0 Å². The van der Waals surface area contributed by atoms with Crippen LogP contribution >= 0.6 is 0 Å². The van der Waals surface area contributed by atoms with E-state index in [0.29, 0.717) is 6.54 Å². The molecule has 1 aromatic heterocycles. The molecule has 114 valence electrons. The molecule has 22 heavy (non-hydrogen) atoms. The van der Waals surface area contributed by atoms with Gasteiger partial charge in [-0.25, -0.2) is 4.98 Å². The fraction of sp³-hybridized carbons (Fsp3) is 0.278. The highest BCUT2D eigenvalue weighted by atomic mass is 16.5. The summed E-state index contributed by atoms with van der Waals surface area (Å²) in [5.74, 6) is 1.96. The monoisotopic (exact) mass is 295 g/mol. The number of aromatic nitrogens is 2. The van der Waals surface area contributed by atoms with Gasteiger partial charge in [0.1, 0.15) is 11.6 Å². The van der Waals surface area contributed by atoms with E-state index in [4.69, 9.17) is 15.5 Å². The van der Waals surface area contributed by atoms with Crippen LogP contribution in [0.4, 0.5) is 0 Å². The van der Waals surface area contributed by atoms with E-state index in [2.05, 4.69) is 34.9 Å². The average Bonchev–Trinajstić information content (AvgIpc) is 2.91. The molecule has 0 aliphatic rings. The first kappa shape index (κ1) is 14.6. The molecule has 2 aromatic carbocycles. The van der Waals surface area contributed by atoms with Crippen molar-refractivity contribution in [3.8, 4) is 5.75 Å². The van der Waals surface area contributed by atoms with Crippen LogP contribution in [0.2, 0.25) is 0 Å². The smallest absolute Gasteiger partial charge is 0.119 e. The lowest BCUT2D eigenvalue weighted by Crippen LogP contribution is -2.11. The van der Waals surface area contributed by atoms with Gasteiger partial charge in [0.15, 0.2) is 0 Å². The second-order valence-corrected chi connectivity index (χ2v) is 5.31. The molecule has 0 radical (unpaired) electrons. The Balaban J connectivity index is 1.87. The van der Waals surface area contributed by atoms with Crippen LogP contribution in [0.25, 0.3) is 11.0 Å². The van der Waals surface area contributed by atoms with E-state index in [0.717, 1.165) is 36.5 Å². The van der Waals surface area contributed by atoms with Crippen LogP contribution in [0.1, 0.15) is 11.4 Å². The molecular formula is C18H21N3O. The molecule has 0 bridgehead atoms. The van der Waals surface area contributed by atoms with Crippen LogP contribution in [0, 0.1) is 0 Å². The van der Waals surface area contributed by atoms with E-state index >= 15 is 0 Å². The van der Waals surface area contributed by atoms with Crippen LogP contribution in [-0.2, 0) is 19.4 Å². The Labute approximate surface area is 130 Å². The van der Waals surface area contributed by atoms with Gasteiger partial charge in [0.25, 0.3) is 0 Å². The molecule has 0 aliphatic heterocycles. The normalized spacial score (nSPS) is 11.0. The minimum atomic E-state index is 0.614. The van der Waals surface area contributed by atoms with Gasteiger partial charge in [-0.3, -0.25) is 0 Å². The van der Waals surface area contributed by atoms with Crippen LogP contribution in [0.3, 0.4) is 0 Å². The molecular weight excluding hydrogens is 274 g/mol. The third-order valence-corrected chi connectivity index (χ3v) is 3.86. The largest absolute Gasteiger partial charge is 0.497 e. The highest BCUT2D eigenvalue weighted by Crippen LogP contribution is 2.18. The Morgan fingerprint density at radius 3 is 2.77 bits per heavy atom. The number of fused-ring (bicyclic) bond motifs is 1. The number of benzene rings is 2. The minimum absolute atomic E-state index is 0.614. The van der Waals surface area contributed by atoms with E-state index in [9.17, 15) is 0 Å². The number of nitrogens with zero attached hydrogens (tertiary/aromatic N) is 2. The Hall–Kier alpha value is -2.33. The molecule has 0 spiro atoms. The number of hydrogen-bond acceptors (Lipinski definition) is 3. The molecule has 0 saturated heterocycles. The van der Waals surface area contributed by atoms with Gasteiger partial charge in [0.2, 0.25) is 0 Å². The van der Waals surface area contributed by atoms with Crippen LogP contribution in [0.5, 0.6) is 5.75 Å². The number of methoxy groups -OCH3 is 1. The van der Waals surface area contributed by atoms with Gasteiger partial charge in [-0.2, -0.15) is 0 Å². The maximum Gasteiger partial charge on any atom is 0.119 e. The number of hydrogen-bond donors (Lipinski definition) is 1. The molecule has 3 rings (SSSR count). The van der Waals surface area contributed by atoms with Gasteiger partial charge in [-0.15, -0.1) is 0 Å². The molecule has 4 heteroatoms. The summed E-state index contributed by atoms with van der Waals surface area (Å²) in [6.45, 7) is 1.51. The second kappa shape index (κ2) is 6.62. The van der Waals surface area contributed by atoms with E-state index in [1.54, 1.807) is 7.11 Å². The van der Waals surface area contributed by atoms with Crippen LogP contribution in [-0.4, -0.2) is 23.2 Å². The molecule has 1 heterocycles. The zero-order chi connectivity index (χ0) is 15.4. The lowest BCUT2D eigenvalue weighted by Gasteiger charge is -2.09. The predicted octanol–water partition coefficient (Wildman–Crippen LogP) is 2.79. The number of para-hydroxylation sites is 2. The van der Waals surface area contributed by atoms with Crippen LogP contribution in [0.15, 0.2) is 48.5 Å². The van der Waals surface area contributed by atoms with E-state index in [-0.39, 0.29) is 0 Å². The van der Waals surface area contributed by atoms with Gasteiger partial charge in [-0.1, -0.05) is 24.3 Å². The fourth-order valence-corrected chi connectivity index (χ4v) is 2.76. The summed E-state index contributed by atoms with van der Waals surface area (Å²) >= 11 is 0. The van der Waals surface area contributed by atoms with Gasteiger partial charge < -0.3 is 15.0 Å². The zero-order valence-corrected chi connectivity index (χ0v) is 12.8. The van der Waals surface area contributed by atoms with E-state index in [1.165, 1.54) is 11.1 Å². The molecule has 0 amide bonds. The third kappa shape index (κ3) is 2.97. The van der Waals surface area contributed by atoms with Crippen molar-refractivity contribution < 1.29 is 4.74 Å². The SMILES string of the molecule is COc1cccc(CCn2c(CCN)nc3ccccc32)c1. The van der Waals surface area contributed by atoms with Crippen molar-refractivity contribution in [2.75, 3.05) is 13.7 Å². The summed E-state index contributed by atoms with van der Waals surface area (Å²) in [6.07, 6.45) is 1.74. The molecule has 2 N–H and O–H groups in total. The Kier molecular flexibility index (Phi) is 4.39. The maximum absolute atomic E-state index is 5.73. The highest BCUT2D eigenvalue weighted by molar-refractivity contribution is 5.75. The lowest BCUT2D eigenvalue weighted by molar-refractivity contribution is 0.414. The standard InChI is InChI=1S/C18H21N3O/c1-22-15-6-4-5-14(13-15)10-12-21-17-8-3-2-7-16(17)20-18(21)9-11-19/h2-8,13H,9-12,19H2,1H3. The number of aryl methyl sites for hydroxylation is 2. The topological polar surface area (TPSA) is 53.1 Å². The summed E-state index contributed by atoms with van der Waals surface area (Å²) in [5.41, 5.74) is 9.20. The quantitative estimate of drug-likeness (QED) is 0.761. The predicted molar refractivity (Wildman–Crippen MR) is 89.2 cm³/mol. The maximum atomic E-state index is 5.73. The average molecular weight is 295 g/mol. The summed E-state index contributed by atoms with van der Waals surface area (Å²) in [7, 11) is 1.70. The molecule has 0 fully saturated rings. The minimum Gasteiger partial charge on any atom is -0.497 e. The van der Waals surface area contributed by atoms with Crippen molar-refractivity contribution in [2.24, 2.45) is 5.73 Å². The summed E-state index contributed by atoms with van der Waals surface area (Å²) in [6, 6.07) is 16.5. The summed E-state index contributed by atoms with van der Waals surface area (Å²) < 4.78 is 7.57. The number of ether oxygens (including phenoxy) is 1. The Morgan fingerprint density at radius 1 is 1.09 bits per heavy atom. The second-order valence-electron chi connectivity index (χ2n) is 5.31. The van der Waals surface area contributed by atoms with Gasteiger partial charge in [-0.05, 0) is 42.8 Å². The lowest BCUT2D eigenvalue weighted by atomic mass is 10.1. The summed E-state index contributed by atoms with van der Waals surface area (Å²) in [4.78, 5) is 4.71. The third-order valence-electron chi connectivity index (χ3n) is 3.86. The summed E-state index contributed by atoms with van der Waals surface area (Å²) in [5, 5.41) is 0. The van der Waals surface area contributed by atoms with Gasteiger partial charge in [0.05, 0.1) is 18.1 Å². The first-order valence-corrected chi connectivity index (χ1v) is 7.59. The van der Waals surface area contributed by atoms with Crippen molar-refractivity contribution in [3.05, 3.63) is 59.9 Å². The molecule has 0 aliphatic carbocycles. The zero-order valence-electron chi connectivity index (χ0n) is 12.8. The number of nitrogens with two attached hydrogens (primary N) is 1.